The van der Waals surface area contributed by atoms with E-state index >= 15 is 0 Å². The first kappa shape index (κ1) is 16.7. The zero-order valence-electron chi connectivity index (χ0n) is 11.0. The number of rotatable bonds is 8. The van der Waals surface area contributed by atoms with E-state index in [1.54, 1.807) is 0 Å². The maximum Gasteiger partial charge on any atom is 0.328 e. The van der Waals surface area contributed by atoms with E-state index in [2.05, 4.69) is 10.6 Å². The highest BCUT2D eigenvalue weighted by atomic mass is 16.5. The van der Waals surface area contributed by atoms with Crippen LogP contribution in [0.15, 0.2) is 0 Å². The molecular weight excluding hydrogens is 240 g/mol. The number of carbonyl (C=O) groups is 2. The van der Waals surface area contributed by atoms with Crippen molar-refractivity contribution in [3.05, 3.63) is 0 Å². The highest BCUT2D eigenvalue weighted by Gasteiger charge is 2.24. The SMILES string of the molecule is CC(C)COCCNC(=O)NC(C(=O)O)C(C)O. The van der Waals surface area contributed by atoms with Gasteiger partial charge in [0.2, 0.25) is 0 Å². The quantitative estimate of drug-likeness (QED) is 0.453. The number of hydrogen-bond acceptors (Lipinski definition) is 4. The number of nitrogens with one attached hydrogen (secondary N) is 2. The molecule has 2 unspecified atom stereocenters. The Hall–Kier alpha value is -1.34. The number of urea groups is 1. The molecule has 0 radical (unpaired) electrons. The van der Waals surface area contributed by atoms with Crippen LogP contribution in [0.1, 0.15) is 20.8 Å². The van der Waals surface area contributed by atoms with Crippen LogP contribution < -0.4 is 10.6 Å². The van der Waals surface area contributed by atoms with Gasteiger partial charge in [0.1, 0.15) is 0 Å². The highest BCUT2D eigenvalue weighted by Crippen LogP contribution is 1.93. The summed E-state index contributed by atoms with van der Waals surface area (Å²) in [5.41, 5.74) is 0. The van der Waals surface area contributed by atoms with Crippen LogP contribution in [-0.2, 0) is 9.53 Å². The second-order valence-electron chi connectivity index (χ2n) is 4.43. The third-order valence-electron chi connectivity index (χ3n) is 2.02. The van der Waals surface area contributed by atoms with E-state index in [9.17, 15) is 9.59 Å². The molecule has 0 fully saturated rings. The van der Waals surface area contributed by atoms with Crippen LogP contribution in [0.25, 0.3) is 0 Å². The maximum absolute atomic E-state index is 11.3. The molecule has 0 spiro atoms. The number of aliphatic carboxylic acids is 1. The van der Waals surface area contributed by atoms with Crippen molar-refractivity contribution in [3.8, 4) is 0 Å². The summed E-state index contributed by atoms with van der Waals surface area (Å²) in [4.78, 5) is 22.0. The Kier molecular flexibility index (Phi) is 8.06. The minimum absolute atomic E-state index is 0.282. The second kappa shape index (κ2) is 8.71. The topological polar surface area (TPSA) is 108 Å². The van der Waals surface area contributed by atoms with Crippen LogP contribution >= 0.6 is 0 Å². The minimum atomic E-state index is -1.32. The van der Waals surface area contributed by atoms with Gasteiger partial charge in [-0.05, 0) is 12.8 Å². The van der Waals surface area contributed by atoms with Crippen molar-refractivity contribution >= 4 is 12.0 Å². The minimum Gasteiger partial charge on any atom is -0.480 e. The number of ether oxygens (including phenoxy) is 1. The van der Waals surface area contributed by atoms with Gasteiger partial charge >= 0.3 is 12.0 Å². The third-order valence-corrected chi connectivity index (χ3v) is 2.02. The summed E-state index contributed by atoms with van der Waals surface area (Å²) in [5.74, 6) is -0.860. The van der Waals surface area contributed by atoms with E-state index < -0.39 is 24.1 Å². The molecule has 0 aromatic rings. The van der Waals surface area contributed by atoms with Gasteiger partial charge in [-0.2, -0.15) is 0 Å². The van der Waals surface area contributed by atoms with Crippen molar-refractivity contribution < 1.29 is 24.5 Å². The number of aliphatic hydroxyl groups excluding tert-OH is 1. The van der Waals surface area contributed by atoms with E-state index in [1.807, 2.05) is 13.8 Å². The van der Waals surface area contributed by atoms with E-state index in [4.69, 9.17) is 14.9 Å². The molecule has 2 amide bonds. The van der Waals surface area contributed by atoms with Crippen molar-refractivity contribution in [2.24, 2.45) is 5.92 Å². The number of carboxylic acids is 1. The van der Waals surface area contributed by atoms with Gasteiger partial charge in [0.05, 0.1) is 12.7 Å². The number of amides is 2. The third kappa shape index (κ3) is 7.86. The zero-order chi connectivity index (χ0) is 14.1. The summed E-state index contributed by atoms with van der Waals surface area (Å²) in [5, 5.41) is 22.5. The first-order chi connectivity index (χ1) is 8.34. The summed E-state index contributed by atoms with van der Waals surface area (Å²) >= 11 is 0. The van der Waals surface area contributed by atoms with Gasteiger partial charge in [-0.25, -0.2) is 9.59 Å². The van der Waals surface area contributed by atoms with E-state index in [0.717, 1.165) is 0 Å². The molecule has 0 aliphatic heterocycles. The molecule has 106 valence electrons. The van der Waals surface area contributed by atoms with Gasteiger partial charge in [0, 0.05) is 13.2 Å². The van der Waals surface area contributed by atoms with Crippen molar-refractivity contribution in [3.63, 3.8) is 0 Å². The Balaban J connectivity index is 3.79. The molecule has 0 aliphatic rings. The number of hydrogen-bond donors (Lipinski definition) is 4. The van der Waals surface area contributed by atoms with Crippen LogP contribution in [0.5, 0.6) is 0 Å². The van der Waals surface area contributed by atoms with Crippen molar-refractivity contribution in [2.75, 3.05) is 19.8 Å². The second-order valence-corrected chi connectivity index (χ2v) is 4.43. The Bertz CT molecular complexity index is 268. The van der Waals surface area contributed by atoms with Gasteiger partial charge in [-0.15, -0.1) is 0 Å². The highest BCUT2D eigenvalue weighted by molar-refractivity contribution is 5.82. The zero-order valence-corrected chi connectivity index (χ0v) is 11.0. The first-order valence-corrected chi connectivity index (χ1v) is 5.87. The van der Waals surface area contributed by atoms with Gasteiger partial charge in [0.25, 0.3) is 0 Å². The Morgan fingerprint density at radius 1 is 1.28 bits per heavy atom. The van der Waals surface area contributed by atoms with Crippen molar-refractivity contribution in [1.29, 1.82) is 0 Å². The average Bonchev–Trinajstić information content (AvgIpc) is 2.24. The maximum atomic E-state index is 11.3. The lowest BCUT2D eigenvalue weighted by Gasteiger charge is -2.17. The Morgan fingerprint density at radius 2 is 1.89 bits per heavy atom. The number of aliphatic hydroxyl groups is 1. The summed E-state index contributed by atoms with van der Waals surface area (Å²) in [6, 6.07) is -1.96. The van der Waals surface area contributed by atoms with Crippen LogP contribution in [-0.4, -0.2) is 54.1 Å². The first-order valence-electron chi connectivity index (χ1n) is 5.87. The van der Waals surface area contributed by atoms with Crippen LogP contribution in [0.2, 0.25) is 0 Å². The lowest BCUT2D eigenvalue weighted by Crippen LogP contribution is -2.51. The lowest BCUT2D eigenvalue weighted by atomic mass is 10.2. The van der Waals surface area contributed by atoms with Crippen molar-refractivity contribution in [2.45, 2.75) is 32.9 Å². The molecule has 0 aliphatic carbocycles. The van der Waals surface area contributed by atoms with Crippen LogP contribution in [0.4, 0.5) is 4.79 Å². The standard InChI is InChI=1S/C11H22N2O5/c1-7(2)6-18-5-4-12-11(17)13-9(8(3)14)10(15)16/h7-9,14H,4-6H2,1-3H3,(H,15,16)(H2,12,13,17). The molecule has 7 nitrogen and oxygen atoms in total. The molecule has 0 saturated carbocycles. The lowest BCUT2D eigenvalue weighted by molar-refractivity contribution is -0.141. The van der Waals surface area contributed by atoms with E-state index in [-0.39, 0.29) is 6.54 Å². The molecule has 0 aromatic carbocycles. The van der Waals surface area contributed by atoms with Gasteiger partial charge in [-0.3, -0.25) is 0 Å². The predicted octanol–water partition coefficient (Wildman–Crippen LogP) is -0.208. The molecule has 18 heavy (non-hydrogen) atoms. The summed E-state index contributed by atoms with van der Waals surface area (Å²) < 4.78 is 5.24. The predicted molar refractivity (Wildman–Crippen MR) is 65.3 cm³/mol. The van der Waals surface area contributed by atoms with E-state index in [0.29, 0.717) is 19.1 Å². The van der Waals surface area contributed by atoms with Crippen LogP contribution in [0, 0.1) is 5.92 Å². The molecule has 0 rings (SSSR count). The molecule has 7 heteroatoms. The van der Waals surface area contributed by atoms with Gasteiger partial charge < -0.3 is 25.6 Å². The number of carbonyl (C=O) groups excluding carboxylic acids is 1. The molecule has 0 saturated heterocycles. The number of carboxylic acid groups (broad SMARTS) is 1. The molecule has 4 N–H and O–H groups in total. The largest absolute Gasteiger partial charge is 0.480 e. The fourth-order valence-electron chi connectivity index (χ4n) is 1.14. The molecule has 0 heterocycles. The van der Waals surface area contributed by atoms with Gasteiger partial charge in [0.15, 0.2) is 6.04 Å². The smallest absolute Gasteiger partial charge is 0.328 e. The van der Waals surface area contributed by atoms with Crippen molar-refractivity contribution in [1.82, 2.24) is 10.6 Å². The molecule has 0 aromatic heterocycles. The fraction of sp³-hybridized carbons (Fsp3) is 0.818. The summed E-state index contributed by atoms with van der Waals surface area (Å²) in [7, 11) is 0. The molecule has 0 bridgehead atoms. The summed E-state index contributed by atoms with van der Waals surface area (Å²) in [6.07, 6.45) is -1.16. The Morgan fingerprint density at radius 3 is 2.33 bits per heavy atom. The fourth-order valence-corrected chi connectivity index (χ4v) is 1.14. The Labute approximate surface area is 107 Å². The normalized spacial score (nSPS) is 14.1. The van der Waals surface area contributed by atoms with E-state index in [1.165, 1.54) is 6.92 Å². The average molecular weight is 262 g/mol. The van der Waals surface area contributed by atoms with Crippen LogP contribution in [0.3, 0.4) is 0 Å². The molecule has 2 atom stereocenters. The van der Waals surface area contributed by atoms with Gasteiger partial charge in [-0.1, -0.05) is 13.8 Å². The summed E-state index contributed by atoms with van der Waals surface area (Å²) in [6.45, 7) is 6.57. The monoisotopic (exact) mass is 262 g/mol. The molecular formula is C11H22N2O5.